The average molecular weight is 474 g/mol. The first-order valence-electron chi connectivity index (χ1n) is 11.5. The predicted octanol–water partition coefficient (Wildman–Crippen LogP) is 3.63. The maximum absolute atomic E-state index is 12.6. The van der Waals surface area contributed by atoms with E-state index in [1.165, 1.54) is 17.7 Å². The van der Waals surface area contributed by atoms with E-state index in [0.717, 1.165) is 55.6 Å². The average Bonchev–Trinajstić information content (AvgIpc) is 2.77. The molecule has 3 N–H and O–H groups in total. The predicted molar refractivity (Wildman–Crippen MR) is 131 cm³/mol. The second kappa shape index (κ2) is 11.1. The van der Waals surface area contributed by atoms with Crippen LogP contribution in [0.2, 0.25) is 0 Å². The van der Waals surface area contributed by atoms with Crippen molar-refractivity contribution in [3.8, 4) is 5.75 Å². The van der Waals surface area contributed by atoms with E-state index in [1.807, 2.05) is 26.0 Å². The van der Waals surface area contributed by atoms with Crippen LogP contribution >= 0.6 is 0 Å². The highest BCUT2D eigenvalue weighted by Gasteiger charge is 2.21. The van der Waals surface area contributed by atoms with Crippen molar-refractivity contribution < 1.29 is 17.9 Å². The van der Waals surface area contributed by atoms with Crippen LogP contribution in [0, 0.1) is 19.8 Å². The minimum atomic E-state index is -3.83. The van der Waals surface area contributed by atoms with E-state index in [-0.39, 0.29) is 10.8 Å². The Morgan fingerprint density at radius 3 is 2.42 bits per heavy atom. The highest BCUT2D eigenvalue weighted by Crippen LogP contribution is 2.25. The highest BCUT2D eigenvalue weighted by molar-refractivity contribution is 7.89. The number of primary sulfonamides is 1. The summed E-state index contributed by atoms with van der Waals surface area (Å²) in [6.07, 6.45) is 4.34. The molecule has 0 radical (unpaired) electrons. The van der Waals surface area contributed by atoms with Crippen LogP contribution in [0.3, 0.4) is 0 Å². The van der Waals surface area contributed by atoms with Crippen LogP contribution in [0.5, 0.6) is 5.75 Å². The van der Waals surface area contributed by atoms with Crippen LogP contribution in [-0.2, 0) is 21.2 Å². The van der Waals surface area contributed by atoms with Crippen LogP contribution in [0.25, 0.3) is 0 Å². The number of rotatable bonds is 9. The molecule has 0 aromatic heterocycles. The Labute approximate surface area is 197 Å². The smallest absolute Gasteiger partial charge is 0.238 e. The van der Waals surface area contributed by atoms with Gasteiger partial charge in [0.1, 0.15) is 5.75 Å². The van der Waals surface area contributed by atoms with E-state index < -0.39 is 10.0 Å². The summed E-state index contributed by atoms with van der Waals surface area (Å²) in [6.45, 7) is 8.39. The molecule has 0 bridgehead atoms. The minimum Gasteiger partial charge on any atom is -0.494 e. The third kappa shape index (κ3) is 7.28. The molecule has 33 heavy (non-hydrogen) atoms. The number of hydrogen-bond donors (Lipinski definition) is 2. The van der Waals surface area contributed by atoms with Gasteiger partial charge in [-0.1, -0.05) is 12.1 Å². The van der Waals surface area contributed by atoms with Crippen LogP contribution in [0.1, 0.15) is 42.9 Å². The van der Waals surface area contributed by atoms with E-state index in [0.29, 0.717) is 24.8 Å². The summed E-state index contributed by atoms with van der Waals surface area (Å²) in [5, 5.41) is 8.14. The number of nitrogens with two attached hydrogens (primary N) is 1. The third-order valence-electron chi connectivity index (χ3n) is 6.39. The first-order valence-corrected chi connectivity index (χ1v) is 13.1. The lowest BCUT2D eigenvalue weighted by atomic mass is 9.90. The summed E-state index contributed by atoms with van der Waals surface area (Å²) >= 11 is 0. The number of anilines is 1. The van der Waals surface area contributed by atoms with E-state index in [4.69, 9.17) is 9.88 Å². The Morgan fingerprint density at radius 1 is 1.15 bits per heavy atom. The summed E-state index contributed by atoms with van der Waals surface area (Å²) in [5.74, 6) is 1.43. The molecule has 0 unspecified atom stereocenters. The molecule has 2 aromatic rings. The van der Waals surface area contributed by atoms with Crippen molar-refractivity contribution >= 4 is 21.6 Å². The number of amides is 1. The second-order valence-corrected chi connectivity index (χ2v) is 10.4. The number of aryl methyl sites for hydroxylation is 2. The number of nitrogens with one attached hydrogen (secondary N) is 1. The fraction of sp³-hybridized carbons (Fsp3) is 0.480. The van der Waals surface area contributed by atoms with Crippen LogP contribution in [-0.4, -0.2) is 45.5 Å². The van der Waals surface area contributed by atoms with Gasteiger partial charge in [-0.2, -0.15) is 0 Å². The molecule has 3 rings (SSSR count). The van der Waals surface area contributed by atoms with Crippen molar-refractivity contribution in [2.75, 3.05) is 31.6 Å². The van der Waals surface area contributed by atoms with E-state index in [1.54, 1.807) is 6.92 Å². The molecule has 8 heteroatoms. The first-order chi connectivity index (χ1) is 15.7. The van der Waals surface area contributed by atoms with Gasteiger partial charge >= 0.3 is 0 Å². The van der Waals surface area contributed by atoms with Crippen molar-refractivity contribution in [2.24, 2.45) is 11.1 Å². The summed E-state index contributed by atoms with van der Waals surface area (Å²) < 4.78 is 28.9. The Kier molecular flexibility index (Phi) is 8.51. The molecule has 1 saturated heterocycles. The molecule has 1 amide bonds. The van der Waals surface area contributed by atoms with Crippen LogP contribution in [0.15, 0.2) is 41.3 Å². The molecule has 0 spiro atoms. The van der Waals surface area contributed by atoms with Crippen LogP contribution in [0.4, 0.5) is 5.69 Å². The van der Waals surface area contributed by atoms with Gasteiger partial charge in [-0.05, 0) is 106 Å². The van der Waals surface area contributed by atoms with Crippen molar-refractivity contribution in [3.05, 3.63) is 53.1 Å². The summed E-state index contributed by atoms with van der Waals surface area (Å²) in [6, 6.07) is 11.3. The quantitative estimate of drug-likeness (QED) is 0.579. The SMILES string of the molecule is CCOc1ccc(CCC2CCN(CC(=O)Nc3cc(S(N)(=O)=O)cc(C)c3C)CC2)cc1. The zero-order valence-corrected chi connectivity index (χ0v) is 20.6. The lowest BCUT2D eigenvalue weighted by Gasteiger charge is -2.31. The number of ether oxygens (including phenoxy) is 1. The fourth-order valence-corrected chi connectivity index (χ4v) is 4.86. The van der Waals surface area contributed by atoms with Gasteiger partial charge in [0.2, 0.25) is 15.9 Å². The number of carbonyl (C=O) groups is 1. The van der Waals surface area contributed by atoms with Gasteiger partial charge in [-0.25, -0.2) is 13.6 Å². The minimum absolute atomic E-state index is 0.00856. The Morgan fingerprint density at radius 2 is 1.82 bits per heavy atom. The molecule has 0 saturated carbocycles. The maximum atomic E-state index is 12.6. The topological polar surface area (TPSA) is 102 Å². The van der Waals surface area contributed by atoms with Gasteiger partial charge in [0.25, 0.3) is 0 Å². The summed E-state index contributed by atoms with van der Waals surface area (Å²) in [5.41, 5.74) is 3.43. The van der Waals surface area contributed by atoms with Crippen molar-refractivity contribution in [1.29, 1.82) is 0 Å². The van der Waals surface area contributed by atoms with Gasteiger partial charge in [-0.15, -0.1) is 0 Å². The normalized spacial score (nSPS) is 15.4. The number of benzene rings is 2. The van der Waals surface area contributed by atoms with Gasteiger partial charge in [-0.3, -0.25) is 9.69 Å². The molecule has 1 fully saturated rings. The Balaban J connectivity index is 1.46. The molecule has 2 aromatic carbocycles. The maximum Gasteiger partial charge on any atom is 0.238 e. The molecule has 1 heterocycles. The number of hydrogen-bond acceptors (Lipinski definition) is 5. The number of nitrogens with zero attached hydrogens (tertiary/aromatic N) is 1. The summed E-state index contributed by atoms with van der Waals surface area (Å²) in [4.78, 5) is 14.8. The molecule has 0 aliphatic carbocycles. The van der Waals surface area contributed by atoms with E-state index in [2.05, 4.69) is 22.3 Å². The molecule has 0 atom stereocenters. The molecule has 7 nitrogen and oxygen atoms in total. The Hall–Kier alpha value is -2.42. The van der Waals surface area contributed by atoms with Crippen molar-refractivity contribution in [2.45, 2.75) is 51.3 Å². The molecule has 1 aliphatic heterocycles. The van der Waals surface area contributed by atoms with Crippen LogP contribution < -0.4 is 15.2 Å². The largest absolute Gasteiger partial charge is 0.494 e. The van der Waals surface area contributed by atoms with Crippen molar-refractivity contribution in [1.82, 2.24) is 4.90 Å². The van der Waals surface area contributed by atoms with E-state index in [9.17, 15) is 13.2 Å². The number of piperidine rings is 1. The lowest BCUT2D eigenvalue weighted by Crippen LogP contribution is -2.39. The van der Waals surface area contributed by atoms with Gasteiger partial charge < -0.3 is 10.1 Å². The van der Waals surface area contributed by atoms with Gasteiger partial charge in [0, 0.05) is 5.69 Å². The summed E-state index contributed by atoms with van der Waals surface area (Å²) in [7, 11) is -3.83. The fourth-order valence-electron chi connectivity index (χ4n) is 4.24. The monoisotopic (exact) mass is 473 g/mol. The number of sulfonamides is 1. The number of likely N-dealkylation sites (tertiary alicyclic amines) is 1. The molecular formula is C25H35N3O4S. The third-order valence-corrected chi connectivity index (χ3v) is 7.29. The molecule has 180 valence electrons. The molecule has 1 aliphatic rings. The first kappa shape index (κ1) is 25.2. The zero-order chi connectivity index (χ0) is 24.0. The standard InChI is InChI=1S/C25H35N3O4S/c1-4-32-22-9-7-20(8-10-22)5-6-21-11-13-28(14-12-21)17-25(29)27-24-16-23(33(26,30)31)15-18(2)19(24)3/h7-10,15-16,21H,4-6,11-14,17H2,1-3H3,(H,27,29)(H2,26,30,31). The Bertz CT molecular complexity index is 1060. The highest BCUT2D eigenvalue weighted by atomic mass is 32.2. The zero-order valence-electron chi connectivity index (χ0n) is 19.8. The van der Waals surface area contributed by atoms with Gasteiger partial charge in [0.15, 0.2) is 0 Å². The molecular weight excluding hydrogens is 438 g/mol. The van der Waals surface area contributed by atoms with Crippen molar-refractivity contribution in [3.63, 3.8) is 0 Å². The number of carbonyl (C=O) groups excluding carboxylic acids is 1. The lowest BCUT2D eigenvalue weighted by molar-refractivity contribution is -0.117. The second-order valence-electron chi connectivity index (χ2n) is 8.84. The van der Waals surface area contributed by atoms with Gasteiger partial charge in [0.05, 0.1) is 18.0 Å². The van der Waals surface area contributed by atoms with E-state index >= 15 is 0 Å².